The molecule has 0 aromatic rings. The van der Waals surface area contributed by atoms with Crippen molar-refractivity contribution < 1.29 is 28.2 Å². The van der Waals surface area contributed by atoms with Crippen molar-refractivity contribution in [3.8, 4) is 0 Å². The summed E-state index contributed by atoms with van der Waals surface area (Å²) in [6.45, 7) is 2.84. The highest BCUT2D eigenvalue weighted by Crippen LogP contribution is 2.42. The van der Waals surface area contributed by atoms with Crippen LogP contribution in [0.5, 0.6) is 0 Å². The van der Waals surface area contributed by atoms with Gasteiger partial charge in [0.05, 0.1) is 0 Å². The average molecular weight is 451 g/mol. The van der Waals surface area contributed by atoms with Crippen LogP contribution in [0.15, 0.2) is 0 Å². The van der Waals surface area contributed by atoms with Crippen molar-refractivity contribution in [3.63, 3.8) is 0 Å². The largest absolute Gasteiger partial charge is 0.480 e. The molecule has 0 radical (unpaired) electrons. The van der Waals surface area contributed by atoms with Crippen molar-refractivity contribution in [1.82, 2.24) is 0 Å². The average Bonchev–Trinajstić information content (AvgIpc) is 2.55. The molecule has 0 amide bonds. The maximum absolute atomic E-state index is 13.4. The molecule has 25 heavy (non-hydrogen) atoms. The smallest absolute Gasteiger partial charge is 0.325 e. The van der Waals surface area contributed by atoms with Crippen LogP contribution in [0.25, 0.3) is 0 Å². The monoisotopic (exact) mass is 450 g/mol. The third-order valence-corrected chi connectivity index (χ3v) is 10.0. The summed E-state index contributed by atoms with van der Waals surface area (Å²) in [5.74, 6) is -2.83. The third-order valence-electron chi connectivity index (χ3n) is 4.50. The second-order valence-corrected chi connectivity index (χ2v) is 10.7. The Morgan fingerprint density at radius 2 is 1.16 bits per heavy atom. The summed E-state index contributed by atoms with van der Waals surface area (Å²) in [5.41, 5.74) is 0. The van der Waals surface area contributed by atoms with Crippen molar-refractivity contribution in [1.29, 1.82) is 0 Å². The van der Waals surface area contributed by atoms with E-state index in [9.17, 15) is 28.2 Å². The summed E-state index contributed by atoms with van der Waals surface area (Å²) in [4.78, 5) is 24.1. The van der Waals surface area contributed by atoms with Gasteiger partial charge in [-0.2, -0.15) is 50.5 Å². The van der Waals surface area contributed by atoms with E-state index in [0.717, 1.165) is 0 Å². The van der Waals surface area contributed by atoms with E-state index in [4.69, 9.17) is 0 Å². The fourth-order valence-electron chi connectivity index (χ4n) is 2.86. The Labute approximate surface area is 171 Å². The molecule has 0 aliphatic rings. The van der Waals surface area contributed by atoms with E-state index in [1.54, 1.807) is 0 Å². The van der Waals surface area contributed by atoms with Gasteiger partial charge in [-0.25, -0.2) is 8.42 Å². The van der Waals surface area contributed by atoms with Crippen LogP contribution in [0.1, 0.15) is 39.5 Å². The van der Waals surface area contributed by atoms with E-state index in [2.05, 4.69) is 50.5 Å². The quantitative estimate of drug-likeness (QED) is 0.254. The number of hydrogen-bond acceptors (Lipinski definition) is 8. The lowest BCUT2D eigenvalue weighted by Crippen LogP contribution is -2.61. The number of carboxylic acid groups (broad SMARTS) is 2. The number of carboxylic acids is 2. The standard InChI is InChI=1S/C14H26O6S5/c1-3-13(11(15)16,5-9(23)7-21)25(19,20)14(4-2,12(17)18)6-10(24)8-22/h9-10,21-24H,3-8H2,1-2H3,(H,15,16)(H,17,18). The Balaban J connectivity index is 6.61. The van der Waals surface area contributed by atoms with Gasteiger partial charge >= 0.3 is 11.9 Å². The molecule has 0 fully saturated rings. The van der Waals surface area contributed by atoms with Crippen molar-refractivity contribution >= 4 is 72.3 Å². The molecule has 0 aliphatic heterocycles. The number of thiol groups is 4. The van der Waals surface area contributed by atoms with Crippen molar-refractivity contribution in [3.05, 3.63) is 0 Å². The predicted molar refractivity (Wildman–Crippen MR) is 113 cm³/mol. The summed E-state index contributed by atoms with van der Waals surface area (Å²) in [6, 6.07) is 0. The molecule has 11 heteroatoms. The van der Waals surface area contributed by atoms with Gasteiger partial charge in [-0.05, 0) is 25.7 Å². The van der Waals surface area contributed by atoms with Gasteiger partial charge in [-0.15, -0.1) is 0 Å². The molecular formula is C14H26O6S5. The fraction of sp³-hybridized carbons (Fsp3) is 0.857. The second-order valence-electron chi connectivity index (χ2n) is 5.89. The summed E-state index contributed by atoms with van der Waals surface area (Å²) in [5, 5.41) is 18.3. The topological polar surface area (TPSA) is 109 Å². The second kappa shape index (κ2) is 10.0. The lowest BCUT2D eigenvalue weighted by atomic mass is 9.98. The highest BCUT2D eigenvalue weighted by molar-refractivity contribution is 7.95. The lowest BCUT2D eigenvalue weighted by Gasteiger charge is -2.39. The molecule has 4 atom stereocenters. The van der Waals surface area contributed by atoms with Crippen LogP contribution in [0.2, 0.25) is 0 Å². The molecule has 0 rings (SSSR count). The van der Waals surface area contributed by atoms with E-state index in [-0.39, 0.29) is 37.2 Å². The van der Waals surface area contributed by atoms with E-state index in [1.807, 2.05) is 0 Å². The van der Waals surface area contributed by atoms with E-state index >= 15 is 0 Å². The molecule has 0 saturated carbocycles. The van der Waals surface area contributed by atoms with Gasteiger partial charge in [0, 0.05) is 22.0 Å². The summed E-state index contributed by atoms with van der Waals surface area (Å²) in [6.07, 6.45) is -1.22. The minimum Gasteiger partial charge on any atom is -0.480 e. The number of carbonyl (C=O) groups is 2. The first-order valence-electron chi connectivity index (χ1n) is 7.71. The predicted octanol–water partition coefficient (Wildman–Crippen LogP) is 2.10. The van der Waals surface area contributed by atoms with Gasteiger partial charge in [0.15, 0.2) is 19.3 Å². The Morgan fingerprint density at radius 1 is 0.880 bits per heavy atom. The third kappa shape index (κ3) is 4.77. The van der Waals surface area contributed by atoms with Gasteiger partial charge in [0.25, 0.3) is 0 Å². The normalized spacial score (nSPS) is 19.4. The Bertz CT molecular complexity index is 536. The molecular weight excluding hydrogens is 424 g/mol. The first kappa shape index (κ1) is 25.3. The van der Waals surface area contributed by atoms with Gasteiger partial charge in [0.2, 0.25) is 0 Å². The Morgan fingerprint density at radius 3 is 1.32 bits per heavy atom. The van der Waals surface area contributed by atoms with Crippen molar-refractivity contribution in [2.75, 3.05) is 11.5 Å². The van der Waals surface area contributed by atoms with Crippen LogP contribution < -0.4 is 0 Å². The molecule has 0 saturated heterocycles. The highest BCUT2D eigenvalue weighted by Gasteiger charge is 2.63. The molecule has 2 N–H and O–H groups in total. The molecule has 0 spiro atoms. The SMILES string of the molecule is CCC(CC(S)CS)(C(=O)O)S(=O)(=O)C(CC)(CC(S)CS)C(=O)O. The summed E-state index contributed by atoms with van der Waals surface area (Å²) >= 11 is 16.4. The number of aliphatic carboxylic acids is 2. The van der Waals surface area contributed by atoms with Crippen LogP contribution in [0.4, 0.5) is 0 Å². The molecule has 0 aromatic heterocycles. The summed E-state index contributed by atoms with van der Waals surface area (Å²) < 4.78 is 22.4. The highest BCUT2D eigenvalue weighted by atomic mass is 32.2. The van der Waals surface area contributed by atoms with Crippen molar-refractivity contribution in [2.45, 2.75) is 59.5 Å². The molecule has 0 aromatic carbocycles. The van der Waals surface area contributed by atoms with Crippen LogP contribution in [-0.2, 0) is 19.4 Å². The van der Waals surface area contributed by atoms with Gasteiger partial charge < -0.3 is 10.2 Å². The zero-order chi connectivity index (χ0) is 20.1. The van der Waals surface area contributed by atoms with E-state index in [0.29, 0.717) is 0 Å². The molecule has 0 aliphatic carbocycles. The number of hydrogen-bond donors (Lipinski definition) is 6. The Hall–Kier alpha value is 0.290. The van der Waals surface area contributed by atoms with Gasteiger partial charge in [-0.3, -0.25) is 9.59 Å². The van der Waals surface area contributed by atoms with Crippen LogP contribution in [0, 0.1) is 0 Å². The maximum atomic E-state index is 13.4. The van der Waals surface area contributed by atoms with E-state index < -0.39 is 41.8 Å². The van der Waals surface area contributed by atoms with Crippen molar-refractivity contribution in [2.24, 2.45) is 0 Å². The molecule has 148 valence electrons. The number of rotatable bonds is 12. The van der Waals surface area contributed by atoms with Gasteiger partial charge in [-0.1, -0.05) is 13.8 Å². The minimum absolute atomic E-state index is 0.158. The van der Waals surface area contributed by atoms with Crippen LogP contribution in [-0.4, -0.2) is 62.1 Å². The summed E-state index contributed by atoms with van der Waals surface area (Å²) in [7, 11) is -4.66. The van der Waals surface area contributed by atoms with Crippen LogP contribution >= 0.6 is 50.5 Å². The zero-order valence-electron chi connectivity index (χ0n) is 14.1. The number of sulfone groups is 1. The first-order chi connectivity index (χ1) is 11.4. The molecule has 0 heterocycles. The molecule has 6 nitrogen and oxygen atoms in total. The fourth-order valence-corrected chi connectivity index (χ4v) is 6.80. The Kier molecular flexibility index (Phi) is 10.1. The maximum Gasteiger partial charge on any atom is 0.325 e. The van der Waals surface area contributed by atoms with Crippen LogP contribution in [0.3, 0.4) is 0 Å². The minimum atomic E-state index is -4.66. The molecule has 4 unspecified atom stereocenters. The first-order valence-corrected chi connectivity index (χ1v) is 11.5. The zero-order valence-corrected chi connectivity index (χ0v) is 18.5. The lowest BCUT2D eigenvalue weighted by molar-refractivity contribution is -0.141. The van der Waals surface area contributed by atoms with E-state index in [1.165, 1.54) is 13.8 Å². The molecule has 0 bridgehead atoms. The van der Waals surface area contributed by atoms with Gasteiger partial charge in [0.1, 0.15) is 0 Å².